The van der Waals surface area contributed by atoms with Gasteiger partial charge in [0.05, 0.1) is 30.3 Å². The number of aromatic nitrogens is 6. The molecule has 8 rings (SSSR count). The summed E-state index contributed by atoms with van der Waals surface area (Å²) in [6, 6.07) is 3.02. The van der Waals surface area contributed by atoms with Crippen molar-refractivity contribution in [1.29, 1.82) is 0 Å². The molecule has 4 aliphatic carbocycles. The molecule has 0 amide bonds. The van der Waals surface area contributed by atoms with Gasteiger partial charge in [-0.15, -0.1) is 10.2 Å². The summed E-state index contributed by atoms with van der Waals surface area (Å²) in [5, 5.41) is 13.9. The molecule has 4 bridgehead atoms. The molecule has 4 aliphatic rings. The Balaban J connectivity index is 1.26. The van der Waals surface area contributed by atoms with Crippen molar-refractivity contribution < 1.29 is 13.9 Å². The Bertz CT molecular complexity index is 1530. The van der Waals surface area contributed by atoms with E-state index in [-0.39, 0.29) is 11.8 Å². The molecule has 4 heterocycles. The molecule has 0 radical (unpaired) electrons. The quantitative estimate of drug-likeness (QED) is 0.227. The second-order valence-electron chi connectivity index (χ2n) is 11.4. The van der Waals surface area contributed by atoms with E-state index in [1.54, 1.807) is 30.0 Å². The average Bonchev–Trinajstić information content (AvgIpc) is 3.51. The van der Waals surface area contributed by atoms with Gasteiger partial charge in [0.15, 0.2) is 16.6 Å². The van der Waals surface area contributed by atoms with Gasteiger partial charge in [0.2, 0.25) is 0 Å². The molecule has 196 valence electrons. The van der Waals surface area contributed by atoms with Gasteiger partial charge < -0.3 is 4.74 Å². The molecule has 0 aliphatic heterocycles. The summed E-state index contributed by atoms with van der Waals surface area (Å²) in [4.78, 5) is 17.1. The largest absolute Gasteiger partial charge is 0.462 e. The molecule has 4 aromatic heterocycles. The van der Waals surface area contributed by atoms with Gasteiger partial charge in [-0.2, -0.15) is 5.10 Å². The number of fused-ring (bicyclic) bond motifs is 1. The molecule has 38 heavy (non-hydrogen) atoms. The highest BCUT2D eigenvalue weighted by molar-refractivity contribution is 6.29. The molecule has 0 N–H and O–H groups in total. The highest BCUT2D eigenvalue weighted by Gasteiger charge is 2.51. The third kappa shape index (κ3) is 3.90. The van der Waals surface area contributed by atoms with Crippen molar-refractivity contribution >= 4 is 28.6 Å². The molecule has 0 spiro atoms. The van der Waals surface area contributed by atoms with Crippen LogP contribution in [0, 0.1) is 29.0 Å². The number of halogens is 2. The Morgan fingerprint density at radius 2 is 1.89 bits per heavy atom. The Hall–Kier alpha value is -3.33. The molecule has 8 nitrogen and oxygen atoms in total. The van der Waals surface area contributed by atoms with Gasteiger partial charge in [-0.25, -0.2) is 14.2 Å². The van der Waals surface area contributed by atoms with E-state index < -0.39 is 11.8 Å². The molecule has 10 heteroatoms. The van der Waals surface area contributed by atoms with Crippen LogP contribution in [0.1, 0.15) is 55.8 Å². The van der Waals surface area contributed by atoms with Gasteiger partial charge in [-0.1, -0.05) is 11.6 Å². The zero-order chi connectivity index (χ0) is 26.0. The van der Waals surface area contributed by atoms with Gasteiger partial charge >= 0.3 is 5.97 Å². The topological polar surface area (TPSA) is 87.7 Å². The zero-order valence-electron chi connectivity index (χ0n) is 21.1. The molecule has 4 saturated carbocycles. The Morgan fingerprint density at radius 1 is 1.16 bits per heavy atom. The highest BCUT2D eigenvalue weighted by atomic mass is 35.5. The molecule has 0 aromatic carbocycles. The first-order valence-electron chi connectivity index (χ1n) is 13.3. The number of hydrogen-bond acceptors (Lipinski definition) is 6. The number of ether oxygens (including phenoxy) is 1. The minimum absolute atomic E-state index is 0.212. The van der Waals surface area contributed by atoms with Crippen LogP contribution in [-0.2, 0) is 11.3 Å². The van der Waals surface area contributed by atoms with Crippen LogP contribution in [-0.4, -0.2) is 42.1 Å². The van der Waals surface area contributed by atoms with Gasteiger partial charge in [0.25, 0.3) is 0 Å². The first-order valence-corrected chi connectivity index (χ1v) is 13.7. The third-order valence-corrected chi connectivity index (χ3v) is 9.00. The van der Waals surface area contributed by atoms with Crippen molar-refractivity contribution in [3.8, 4) is 16.9 Å². The first kappa shape index (κ1) is 23.8. The standard InChI is InChI=1S/C28H28ClFN6O2/c1-2-38-27(37)23-21-3-4-36(20-8-22(30)25(29)31-13-20)26(21)34-33-24(23)19-12-32-35(14-19)15-28-9-16-5-17(10-28)7-18(6-16)11-28/h3-4,8,12-14,16-18H,2,5-7,9-11,15H2,1H3. The summed E-state index contributed by atoms with van der Waals surface area (Å²) in [7, 11) is 0. The van der Waals surface area contributed by atoms with Crippen molar-refractivity contribution in [3.63, 3.8) is 0 Å². The van der Waals surface area contributed by atoms with E-state index in [1.165, 1.54) is 50.8 Å². The van der Waals surface area contributed by atoms with Crippen LogP contribution in [0.15, 0.2) is 36.9 Å². The van der Waals surface area contributed by atoms with Gasteiger partial charge in [0.1, 0.15) is 5.69 Å². The van der Waals surface area contributed by atoms with Crippen LogP contribution < -0.4 is 0 Å². The summed E-state index contributed by atoms with van der Waals surface area (Å²) in [6.45, 7) is 2.88. The monoisotopic (exact) mass is 534 g/mol. The summed E-state index contributed by atoms with van der Waals surface area (Å²) < 4.78 is 23.2. The van der Waals surface area contributed by atoms with Crippen LogP contribution in [0.2, 0.25) is 5.15 Å². The van der Waals surface area contributed by atoms with Crippen LogP contribution >= 0.6 is 11.6 Å². The van der Waals surface area contributed by atoms with E-state index in [9.17, 15) is 9.18 Å². The number of hydrogen-bond donors (Lipinski definition) is 0. The van der Waals surface area contributed by atoms with Crippen LogP contribution in [0.5, 0.6) is 0 Å². The van der Waals surface area contributed by atoms with E-state index in [2.05, 4.69) is 15.2 Å². The minimum Gasteiger partial charge on any atom is -0.462 e. The van der Waals surface area contributed by atoms with E-state index in [0.29, 0.717) is 33.4 Å². The number of carbonyl (C=O) groups is 1. The number of rotatable bonds is 6. The molecule has 0 saturated heterocycles. The lowest BCUT2D eigenvalue weighted by atomic mass is 9.49. The predicted octanol–water partition coefficient (Wildman–Crippen LogP) is 5.86. The van der Waals surface area contributed by atoms with Crippen LogP contribution in [0.4, 0.5) is 4.39 Å². The SMILES string of the molecule is CCOC(=O)c1c(-c2cnn(CC34CC5CC(CC(C5)C3)C4)c2)nnc2c1ccn2-c1cnc(Cl)c(F)c1. The smallest absolute Gasteiger partial charge is 0.341 e. The van der Waals surface area contributed by atoms with E-state index >= 15 is 0 Å². The van der Waals surface area contributed by atoms with Gasteiger partial charge in [-0.3, -0.25) is 9.25 Å². The molecular formula is C28H28ClFN6O2. The molecule has 0 unspecified atom stereocenters. The van der Waals surface area contributed by atoms with Crippen molar-refractivity contribution in [1.82, 2.24) is 29.5 Å². The van der Waals surface area contributed by atoms with Crippen molar-refractivity contribution in [2.45, 2.75) is 52.0 Å². The lowest BCUT2D eigenvalue weighted by Gasteiger charge is -2.56. The van der Waals surface area contributed by atoms with Crippen molar-refractivity contribution in [2.75, 3.05) is 6.61 Å². The maximum absolute atomic E-state index is 14.1. The highest BCUT2D eigenvalue weighted by Crippen LogP contribution is 2.60. The summed E-state index contributed by atoms with van der Waals surface area (Å²) in [6.07, 6.45) is 15.0. The normalized spacial score (nSPS) is 25.8. The van der Waals surface area contributed by atoms with Crippen molar-refractivity contribution in [2.24, 2.45) is 23.2 Å². The molecule has 4 fully saturated rings. The van der Waals surface area contributed by atoms with Crippen LogP contribution in [0.25, 0.3) is 28.0 Å². The van der Waals surface area contributed by atoms with Gasteiger partial charge in [-0.05, 0) is 74.7 Å². The molecule has 0 atom stereocenters. The summed E-state index contributed by atoms with van der Waals surface area (Å²) in [5.74, 6) is 1.47. The fourth-order valence-corrected chi connectivity index (χ4v) is 7.86. The second kappa shape index (κ2) is 8.86. The number of nitrogens with zero attached hydrogens (tertiary/aromatic N) is 6. The second-order valence-corrected chi connectivity index (χ2v) is 11.7. The van der Waals surface area contributed by atoms with E-state index in [0.717, 1.165) is 29.9 Å². The summed E-state index contributed by atoms with van der Waals surface area (Å²) in [5.41, 5.74) is 2.59. The maximum atomic E-state index is 14.1. The molecule has 4 aromatic rings. The lowest BCUT2D eigenvalue weighted by Crippen LogP contribution is -2.47. The summed E-state index contributed by atoms with van der Waals surface area (Å²) >= 11 is 5.76. The van der Waals surface area contributed by atoms with Gasteiger partial charge in [0, 0.05) is 36.0 Å². The molecular weight excluding hydrogens is 507 g/mol. The van der Waals surface area contributed by atoms with Crippen molar-refractivity contribution in [3.05, 3.63) is 53.5 Å². The number of carbonyl (C=O) groups excluding carboxylic acids is 1. The number of esters is 1. The first-order chi connectivity index (χ1) is 18.4. The predicted molar refractivity (Wildman–Crippen MR) is 139 cm³/mol. The average molecular weight is 535 g/mol. The van der Waals surface area contributed by atoms with E-state index in [1.807, 2.05) is 10.9 Å². The minimum atomic E-state index is -0.646. The van der Waals surface area contributed by atoms with E-state index in [4.69, 9.17) is 21.4 Å². The fourth-order valence-electron chi connectivity index (χ4n) is 7.76. The zero-order valence-corrected chi connectivity index (χ0v) is 21.9. The Kier molecular flexibility index (Phi) is 5.54. The number of pyridine rings is 1. The van der Waals surface area contributed by atoms with Crippen LogP contribution in [0.3, 0.4) is 0 Å². The third-order valence-electron chi connectivity index (χ3n) is 8.72. The fraction of sp³-hybridized carbons (Fsp3) is 0.464. The Morgan fingerprint density at radius 3 is 2.58 bits per heavy atom. The maximum Gasteiger partial charge on any atom is 0.341 e. The lowest BCUT2D eigenvalue weighted by molar-refractivity contribution is -0.0635. The Labute approximate surface area is 224 Å².